The minimum atomic E-state index is -3.52. The molecule has 5 nitrogen and oxygen atoms in total. The van der Waals surface area contributed by atoms with Crippen molar-refractivity contribution < 1.29 is 8.42 Å². The van der Waals surface area contributed by atoms with E-state index in [4.69, 9.17) is 5.26 Å². The number of sulfonamides is 1. The van der Waals surface area contributed by atoms with Crippen LogP contribution in [-0.2, 0) is 10.0 Å². The lowest BCUT2D eigenvalue weighted by molar-refractivity contribution is 0.191. The van der Waals surface area contributed by atoms with Crippen molar-refractivity contribution in [2.24, 2.45) is 5.92 Å². The van der Waals surface area contributed by atoms with Crippen molar-refractivity contribution in [3.63, 3.8) is 0 Å². The number of likely N-dealkylation sites (tertiary alicyclic amines) is 1. The van der Waals surface area contributed by atoms with Gasteiger partial charge in [0.25, 0.3) is 0 Å². The predicted octanol–water partition coefficient (Wildman–Crippen LogP) is 2.38. The van der Waals surface area contributed by atoms with E-state index in [0.29, 0.717) is 12.1 Å². The van der Waals surface area contributed by atoms with E-state index in [2.05, 4.69) is 16.5 Å². The van der Waals surface area contributed by atoms with Crippen molar-refractivity contribution in [1.82, 2.24) is 9.62 Å². The molecule has 0 amide bonds. The molecule has 0 bridgehead atoms. The molecule has 1 N–H and O–H groups in total. The third-order valence-corrected chi connectivity index (χ3v) is 5.55. The van der Waals surface area contributed by atoms with Gasteiger partial charge < -0.3 is 4.90 Å². The highest BCUT2D eigenvalue weighted by Crippen LogP contribution is 2.16. The van der Waals surface area contributed by atoms with E-state index in [1.165, 1.54) is 25.0 Å². The van der Waals surface area contributed by atoms with Gasteiger partial charge in [-0.25, -0.2) is 13.1 Å². The average Bonchev–Trinajstić information content (AvgIpc) is 2.53. The fourth-order valence-electron chi connectivity index (χ4n) is 2.61. The van der Waals surface area contributed by atoms with Crippen molar-refractivity contribution in [1.29, 1.82) is 5.26 Å². The number of rotatable bonds is 6. The highest BCUT2D eigenvalue weighted by atomic mass is 35.5. The molecule has 0 aromatic heterocycles. The summed E-state index contributed by atoms with van der Waals surface area (Å²) in [5.74, 6) is 0.808. The first kappa shape index (κ1) is 19.9. The van der Waals surface area contributed by atoms with Gasteiger partial charge in [-0.2, -0.15) is 5.26 Å². The fraction of sp³-hybridized carbons (Fsp3) is 0.562. The molecular weight excluding hydrogens is 334 g/mol. The Morgan fingerprint density at radius 1 is 1.35 bits per heavy atom. The molecule has 1 heterocycles. The van der Waals surface area contributed by atoms with E-state index >= 15 is 0 Å². The zero-order chi connectivity index (χ0) is 16.0. The molecule has 0 saturated carbocycles. The zero-order valence-electron chi connectivity index (χ0n) is 13.4. The fourth-order valence-corrected chi connectivity index (χ4v) is 3.73. The molecule has 1 aromatic rings. The number of benzene rings is 1. The molecule has 1 aliphatic heterocycles. The Morgan fingerprint density at radius 3 is 2.70 bits per heavy atom. The summed E-state index contributed by atoms with van der Waals surface area (Å²) in [6.45, 7) is 5.84. The van der Waals surface area contributed by atoms with Crippen LogP contribution in [0.1, 0.15) is 31.7 Å². The summed E-state index contributed by atoms with van der Waals surface area (Å²) >= 11 is 0. The van der Waals surface area contributed by atoms with E-state index in [9.17, 15) is 8.42 Å². The highest BCUT2D eigenvalue weighted by Gasteiger charge is 2.16. The van der Waals surface area contributed by atoms with Crippen molar-refractivity contribution in [3.05, 3.63) is 29.8 Å². The molecule has 1 saturated heterocycles. The van der Waals surface area contributed by atoms with Crippen molar-refractivity contribution >= 4 is 22.4 Å². The van der Waals surface area contributed by atoms with Crippen molar-refractivity contribution in [2.45, 2.75) is 31.1 Å². The molecule has 128 valence electrons. The molecule has 0 spiro atoms. The van der Waals surface area contributed by atoms with Gasteiger partial charge in [0.15, 0.2) is 0 Å². The van der Waals surface area contributed by atoms with Crippen LogP contribution in [0.3, 0.4) is 0 Å². The Morgan fingerprint density at radius 2 is 2.04 bits per heavy atom. The molecule has 23 heavy (non-hydrogen) atoms. The van der Waals surface area contributed by atoms with Gasteiger partial charge in [-0.1, -0.05) is 13.0 Å². The van der Waals surface area contributed by atoms with Gasteiger partial charge in [-0.05, 0) is 63.0 Å². The quantitative estimate of drug-likeness (QED) is 0.793. The first-order chi connectivity index (χ1) is 10.5. The predicted molar refractivity (Wildman–Crippen MR) is 93.0 cm³/mol. The second-order valence-corrected chi connectivity index (χ2v) is 7.68. The molecular formula is C16H24ClN3O2S. The van der Waals surface area contributed by atoms with E-state index < -0.39 is 10.0 Å². The van der Waals surface area contributed by atoms with Crippen LogP contribution in [0.2, 0.25) is 0 Å². The maximum absolute atomic E-state index is 12.2. The summed E-state index contributed by atoms with van der Waals surface area (Å²) < 4.78 is 26.9. The van der Waals surface area contributed by atoms with Gasteiger partial charge in [0.1, 0.15) is 0 Å². The van der Waals surface area contributed by atoms with Crippen LogP contribution >= 0.6 is 12.4 Å². The Bertz CT molecular complexity index is 635. The lowest BCUT2D eigenvalue weighted by atomic mass is 9.99. The summed E-state index contributed by atoms with van der Waals surface area (Å²) in [4.78, 5) is 2.54. The van der Waals surface area contributed by atoms with E-state index in [0.717, 1.165) is 32.0 Å². The first-order valence-electron chi connectivity index (χ1n) is 7.73. The SMILES string of the molecule is CC1CCN(CCCNS(=O)(=O)c2cccc(C#N)c2)CC1.Cl. The Kier molecular flexibility index (Phi) is 8.00. The molecule has 0 atom stereocenters. The van der Waals surface area contributed by atoms with Gasteiger partial charge in [0.05, 0.1) is 16.5 Å². The maximum Gasteiger partial charge on any atom is 0.240 e. The zero-order valence-corrected chi connectivity index (χ0v) is 15.0. The minimum Gasteiger partial charge on any atom is -0.303 e. The van der Waals surface area contributed by atoms with Gasteiger partial charge in [0.2, 0.25) is 10.0 Å². The van der Waals surface area contributed by atoms with Crippen LogP contribution in [0.4, 0.5) is 0 Å². The second kappa shape index (κ2) is 9.24. The third kappa shape index (κ3) is 6.11. The van der Waals surface area contributed by atoms with Crippen LogP contribution in [0.25, 0.3) is 0 Å². The molecule has 0 unspecified atom stereocenters. The first-order valence-corrected chi connectivity index (χ1v) is 9.22. The largest absolute Gasteiger partial charge is 0.303 e. The second-order valence-electron chi connectivity index (χ2n) is 5.92. The summed E-state index contributed by atoms with van der Waals surface area (Å²) in [6.07, 6.45) is 3.25. The lowest BCUT2D eigenvalue weighted by Crippen LogP contribution is -2.35. The van der Waals surface area contributed by atoms with Gasteiger partial charge in [-0.3, -0.25) is 0 Å². The number of halogens is 1. The summed E-state index contributed by atoms with van der Waals surface area (Å²) in [7, 11) is -3.52. The van der Waals surface area contributed by atoms with Crippen LogP contribution in [0.15, 0.2) is 29.2 Å². The topological polar surface area (TPSA) is 73.2 Å². The monoisotopic (exact) mass is 357 g/mol. The van der Waals surface area contributed by atoms with E-state index in [1.54, 1.807) is 12.1 Å². The smallest absolute Gasteiger partial charge is 0.240 e. The molecule has 7 heteroatoms. The number of nitriles is 1. The van der Waals surface area contributed by atoms with E-state index in [1.807, 2.05) is 6.07 Å². The van der Waals surface area contributed by atoms with Gasteiger partial charge >= 0.3 is 0 Å². The number of hydrogen-bond donors (Lipinski definition) is 1. The number of piperidine rings is 1. The van der Waals surface area contributed by atoms with Crippen molar-refractivity contribution in [2.75, 3.05) is 26.2 Å². The number of nitrogens with one attached hydrogen (secondary N) is 1. The third-order valence-electron chi connectivity index (χ3n) is 4.09. The minimum absolute atomic E-state index is 0. The van der Waals surface area contributed by atoms with Crippen LogP contribution in [0.5, 0.6) is 0 Å². The molecule has 1 aromatic carbocycles. The Balaban J connectivity index is 0.00000264. The lowest BCUT2D eigenvalue weighted by Gasteiger charge is -2.30. The highest BCUT2D eigenvalue weighted by molar-refractivity contribution is 7.89. The maximum atomic E-state index is 12.2. The van der Waals surface area contributed by atoms with Crippen molar-refractivity contribution in [3.8, 4) is 6.07 Å². The number of hydrogen-bond acceptors (Lipinski definition) is 4. The van der Waals surface area contributed by atoms with Gasteiger partial charge in [0, 0.05) is 6.54 Å². The van der Waals surface area contributed by atoms with Crippen LogP contribution < -0.4 is 4.72 Å². The normalized spacial score (nSPS) is 16.5. The number of nitrogens with zero attached hydrogens (tertiary/aromatic N) is 2. The molecule has 2 rings (SSSR count). The molecule has 0 radical (unpaired) electrons. The van der Waals surface area contributed by atoms with E-state index in [-0.39, 0.29) is 17.3 Å². The standard InChI is InChI=1S/C16H23N3O2S.ClH/c1-14-6-10-19(11-7-14)9-3-8-18-22(20,21)16-5-2-4-15(12-16)13-17;/h2,4-5,12,14,18H,3,6-11H2,1H3;1H. The Hall–Kier alpha value is -1.13. The van der Waals surface area contributed by atoms with Gasteiger partial charge in [-0.15, -0.1) is 12.4 Å². The molecule has 0 aliphatic carbocycles. The summed E-state index contributed by atoms with van der Waals surface area (Å²) in [6, 6.07) is 8.04. The summed E-state index contributed by atoms with van der Waals surface area (Å²) in [5, 5.41) is 8.83. The molecule has 1 fully saturated rings. The average molecular weight is 358 g/mol. The van der Waals surface area contributed by atoms with Crippen LogP contribution in [-0.4, -0.2) is 39.5 Å². The summed E-state index contributed by atoms with van der Waals surface area (Å²) in [5.41, 5.74) is 0.352. The molecule has 1 aliphatic rings. The Labute approximate surface area is 145 Å². The van der Waals surface area contributed by atoms with Crippen LogP contribution in [0, 0.1) is 17.2 Å².